The number of aromatic nitrogens is 4. The first-order valence-electron chi connectivity index (χ1n) is 10.6. The molecule has 1 aromatic carbocycles. The van der Waals surface area contributed by atoms with Crippen molar-refractivity contribution >= 4 is 35.4 Å². The van der Waals surface area contributed by atoms with Gasteiger partial charge < -0.3 is 10.6 Å². The van der Waals surface area contributed by atoms with Crippen LogP contribution < -0.4 is 16.0 Å². The quantitative estimate of drug-likeness (QED) is 0.367. The van der Waals surface area contributed by atoms with Gasteiger partial charge in [0.15, 0.2) is 5.65 Å². The molecule has 3 aromatic rings. The lowest BCUT2D eigenvalue weighted by Gasteiger charge is -2.11. The van der Waals surface area contributed by atoms with Crippen molar-refractivity contribution in [1.82, 2.24) is 24.9 Å². The Morgan fingerprint density at radius 3 is 2.84 bits per heavy atom. The number of carbonyl (C=O) groups excluding carboxylic acids is 2. The summed E-state index contributed by atoms with van der Waals surface area (Å²) in [6, 6.07) is 6.48. The summed E-state index contributed by atoms with van der Waals surface area (Å²) in [5.74, 6) is 0.602. The van der Waals surface area contributed by atoms with Gasteiger partial charge in [0.1, 0.15) is 5.82 Å². The highest BCUT2D eigenvalue weighted by molar-refractivity contribution is 6.15. The van der Waals surface area contributed by atoms with Crippen LogP contribution in [0.2, 0.25) is 0 Å². The molecule has 0 atom stereocenters. The number of imide groups is 1. The molecule has 2 aromatic heterocycles. The summed E-state index contributed by atoms with van der Waals surface area (Å²) in [7, 11) is 0. The van der Waals surface area contributed by atoms with Crippen LogP contribution in [0.4, 0.5) is 16.3 Å². The minimum absolute atomic E-state index is 0.0345. The smallest absolute Gasteiger partial charge is 0.254 e. The molecule has 1 saturated heterocycles. The van der Waals surface area contributed by atoms with Gasteiger partial charge in [-0.15, -0.1) is 0 Å². The Hall–Kier alpha value is -3.82. The summed E-state index contributed by atoms with van der Waals surface area (Å²) in [5, 5.41) is 13.2. The maximum absolute atomic E-state index is 13.4. The minimum Gasteiger partial charge on any atom is -0.354 e. The number of anilines is 2. The minimum atomic E-state index is -0.399. The maximum Gasteiger partial charge on any atom is 0.254 e. The van der Waals surface area contributed by atoms with E-state index < -0.39 is 5.91 Å². The van der Waals surface area contributed by atoms with Crippen LogP contribution >= 0.6 is 0 Å². The Labute approximate surface area is 183 Å². The number of rotatable bonds is 8. The zero-order valence-corrected chi connectivity index (χ0v) is 17.3. The zero-order valence-electron chi connectivity index (χ0n) is 17.3. The number of carbonyl (C=O) groups is 2. The number of hydrogen-bond donors (Lipinski definition) is 3. The van der Waals surface area contributed by atoms with Gasteiger partial charge in [-0.1, -0.05) is 12.1 Å². The Balaban J connectivity index is 1.42. The van der Waals surface area contributed by atoms with Crippen LogP contribution in [-0.4, -0.2) is 44.5 Å². The Bertz CT molecular complexity index is 1230. The van der Waals surface area contributed by atoms with Crippen LogP contribution in [0.3, 0.4) is 0 Å². The number of benzene rings is 1. The van der Waals surface area contributed by atoms with E-state index in [1.54, 1.807) is 22.9 Å². The molecule has 1 saturated carbocycles. The molecule has 2 fully saturated rings. The molecule has 1 aliphatic carbocycles. The van der Waals surface area contributed by atoms with Crippen LogP contribution in [0.15, 0.2) is 36.0 Å². The molecule has 9 nitrogen and oxygen atoms in total. The fourth-order valence-corrected chi connectivity index (χ4v) is 3.57. The van der Waals surface area contributed by atoms with Crippen molar-refractivity contribution in [3.8, 4) is 0 Å². The lowest BCUT2D eigenvalue weighted by molar-refractivity contribution is -0.124. The Morgan fingerprint density at radius 1 is 1.22 bits per heavy atom. The van der Waals surface area contributed by atoms with Gasteiger partial charge in [0.05, 0.1) is 12.6 Å². The third-order valence-electron chi connectivity index (χ3n) is 5.45. The number of amides is 2. The van der Waals surface area contributed by atoms with E-state index >= 15 is 0 Å². The third kappa shape index (κ3) is 4.43. The second-order valence-corrected chi connectivity index (χ2v) is 8.06. The van der Waals surface area contributed by atoms with Crippen molar-refractivity contribution in [1.29, 1.82) is 0 Å². The van der Waals surface area contributed by atoms with Crippen molar-refractivity contribution in [2.24, 2.45) is 5.92 Å². The number of hydrogen-bond acceptors (Lipinski definition) is 7. The molecular weight excluding hydrogens is 413 g/mol. The van der Waals surface area contributed by atoms with E-state index in [2.05, 4.69) is 31.0 Å². The summed E-state index contributed by atoms with van der Waals surface area (Å²) in [4.78, 5) is 32.6. The normalized spacial score (nSPS) is 17.2. The van der Waals surface area contributed by atoms with Crippen molar-refractivity contribution in [3.63, 3.8) is 0 Å². The van der Waals surface area contributed by atoms with Gasteiger partial charge in [-0.3, -0.25) is 14.9 Å². The predicted octanol–water partition coefficient (Wildman–Crippen LogP) is 2.17. The van der Waals surface area contributed by atoms with Crippen LogP contribution in [0.5, 0.6) is 0 Å². The molecule has 3 heterocycles. The summed E-state index contributed by atoms with van der Waals surface area (Å²) in [5.41, 5.74) is 2.38. The molecule has 2 amide bonds. The first-order valence-corrected chi connectivity index (χ1v) is 10.6. The van der Waals surface area contributed by atoms with Gasteiger partial charge in [-0.05, 0) is 49.0 Å². The van der Waals surface area contributed by atoms with Crippen LogP contribution in [0.25, 0.3) is 11.7 Å². The SMILES string of the molecule is O=C1C/C(=C\c2cnn3c(NCCc4cccc(F)c4)nc(NCC4CC4)nc23)C(=O)N1. The summed E-state index contributed by atoms with van der Waals surface area (Å²) in [6.07, 6.45) is 6.26. The molecule has 5 rings (SSSR count). The van der Waals surface area contributed by atoms with E-state index in [0.717, 1.165) is 12.1 Å². The first kappa shape index (κ1) is 20.1. The van der Waals surface area contributed by atoms with Crippen LogP contribution in [0, 0.1) is 11.7 Å². The Morgan fingerprint density at radius 2 is 2.09 bits per heavy atom. The number of nitrogens with zero attached hydrogens (tertiary/aromatic N) is 4. The zero-order chi connectivity index (χ0) is 22.1. The van der Waals surface area contributed by atoms with E-state index in [-0.39, 0.29) is 18.1 Å². The number of fused-ring (bicyclic) bond motifs is 1. The fraction of sp³-hybridized carbons (Fsp3) is 0.318. The summed E-state index contributed by atoms with van der Waals surface area (Å²) in [6.45, 7) is 1.31. The second-order valence-electron chi connectivity index (χ2n) is 8.06. The standard InChI is InChI=1S/C22H22FN7O2/c23-17-3-1-2-13(8-17)6-7-24-22-29-21(25-11-14-4-5-14)28-19-16(12-26-30(19)22)9-15-10-18(31)27-20(15)32/h1-3,8-9,12,14H,4-7,10-11H2,(H,27,31,32)(H2,24,25,28,29)/b15-9+. The third-order valence-corrected chi connectivity index (χ3v) is 5.45. The monoisotopic (exact) mass is 435 g/mol. The molecule has 1 aliphatic heterocycles. The largest absolute Gasteiger partial charge is 0.354 e. The molecule has 10 heteroatoms. The highest BCUT2D eigenvalue weighted by atomic mass is 19.1. The van der Waals surface area contributed by atoms with Crippen molar-refractivity contribution < 1.29 is 14.0 Å². The molecule has 164 valence electrons. The van der Waals surface area contributed by atoms with Gasteiger partial charge in [-0.2, -0.15) is 19.6 Å². The molecule has 0 radical (unpaired) electrons. The molecule has 32 heavy (non-hydrogen) atoms. The lowest BCUT2D eigenvalue weighted by Crippen LogP contribution is -2.19. The van der Waals surface area contributed by atoms with Gasteiger partial charge in [0, 0.05) is 24.2 Å². The van der Waals surface area contributed by atoms with Crippen molar-refractivity contribution in [2.75, 3.05) is 23.7 Å². The molecule has 2 aliphatic rings. The second kappa shape index (κ2) is 8.37. The lowest BCUT2D eigenvalue weighted by atomic mass is 10.1. The van der Waals surface area contributed by atoms with Gasteiger partial charge in [-0.25, -0.2) is 4.39 Å². The van der Waals surface area contributed by atoms with E-state index in [0.29, 0.717) is 47.6 Å². The molecular formula is C22H22FN7O2. The fourth-order valence-electron chi connectivity index (χ4n) is 3.57. The summed E-state index contributed by atoms with van der Waals surface area (Å²) >= 11 is 0. The Kier molecular flexibility index (Phi) is 5.26. The predicted molar refractivity (Wildman–Crippen MR) is 116 cm³/mol. The average molecular weight is 435 g/mol. The summed E-state index contributed by atoms with van der Waals surface area (Å²) < 4.78 is 15.0. The first-order chi connectivity index (χ1) is 15.5. The molecule has 3 N–H and O–H groups in total. The number of nitrogens with one attached hydrogen (secondary N) is 3. The van der Waals surface area contributed by atoms with Crippen LogP contribution in [0.1, 0.15) is 30.4 Å². The number of halogens is 1. The van der Waals surface area contributed by atoms with Gasteiger partial charge in [0.25, 0.3) is 5.91 Å². The maximum atomic E-state index is 13.4. The van der Waals surface area contributed by atoms with E-state index in [9.17, 15) is 14.0 Å². The topological polar surface area (TPSA) is 113 Å². The van der Waals surface area contributed by atoms with Crippen LogP contribution in [-0.2, 0) is 16.0 Å². The highest BCUT2D eigenvalue weighted by Gasteiger charge is 2.25. The molecule has 0 unspecified atom stereocenters. The molecule has 0 bridgehead atoms. The average Bonchev–Trinajstić information content (AvgIpc) is 3.43. The van der Waals surface area contributed by atoms with Crippen molar-refractivity contribution in [3.05, 3.63) is 53.0 Å². The van der Waals surface area contributed by atoms with E-state index in [4.69, 9.17) is 0 Å². The van der Waals surface area contributed by atoms with Gasteiger partial charge >= 0.3 is 0 Å². The van der Waals surface area contributed by atoms with E-state index in [1.807, 2.05) is 6.07 Å². The molecule has 0 spiro atoms. The highest BCUT2D eigenvalue weighted by Crippen LogP contribution is 2.29. The van der Waals surface area contributed by atoms with Crippen molar-refractivity contribution in [2.45, 2.75) is 25.7 Å². The van der Waals surface area contributed by atoms with Gasteiger partial charge in [0.2, 0.25) is 17.8 Å². The van der Waals surface area contributed by atoms with E-state index in [1.165, 1.54) is 25.0 Å².